The van der Waals surface area contributed by atoms with Crippen molar-refractivity contribution >= 4 is 52.2 Å². The van der Waals surface area contributed by atoms with Crippen LogP contribution < -0.4 is 9.47 Å². The van der Waals surface area contributed by atoms with E-state index in [1.807, 2.05) is 19.9 Å². The molecule has 0 spiro atoms. The molecule has 0 atom stereocenters. The third-order valence-electron chi connectivity index (χ3n) is 4.08. The van der Waals surface area contributed by atoms with E-state index in [1.165, 1.54) is 4.90 Å². The summed E-state index contributed by atoms with van der Waals surface area (Å²) in [5, 5.41) is 0.560. The topological polar surface area (TPSA) is 55.8 Å². The van der Waals surface area contributed by atoms with Crippen LogP contribution >= 0.6 is 35.0 Å². The minimum absolute atomic E-state index is 0.0888. The van der Waals surface area contributed by atoms with Gasteiger partial charge in [-0.1, -0.05) is 35.3 Å². The van der Waals surface area contributed by atoms with Gasteiger partial charge in [0.2, 0.25) is 0 Å². The number of imide groups is 1. The Morgan fingerprint density at radius 1 is 1.00 bits per heavy atom. The van der Waals surface area contributed by atoms with Crippen molar-refractivity contribution in [2.75, 3.05) is 13.2 Å². The number of carbonyl (C=O) groups excluding carboxylic acids is 2. The Hall–Kier alpha value is -2.15. The van der Waals surface area contributed by atoms with E-state index < -0.39 is 0 Å². The predicted molar refractivity (Wildman–Crippen MR) is 117 cm³/mol. The average Bonchev–Trinajstić information content (AvgIpc) is 2.93. The van der Waals surface area contributed by atoms with Gasteiger partial charge < -0.3 is 9.47 Å². The maximum absolute atomic E-state index is 12.8. The molecule has 1 aliphatic rings. The molecule has 5 nitrogen and oxygen atoms in total. The Kier molecular flexibility index (Phi) is 7.11. The molecule has 0 radical (unpaired) electrons. The number of rotatable bonds is 7. The zero-order valence-corrected chi connectivity index (χ0v) is 18.2. The first-order valence-electron chi connectivity index (χ1n) is 9.01. The molecular formula is C21H19Cl2NO4S. The summed E-state index contributed by atoms with van der Waals surface area (Å²) in [6, 6.07) is 10.4. The molecule has 0 unspecified atom stereocenters. The van der Waals surface area contributed by atoms with E-state index in [9.17, 15) is 9.59 Å². The molecule has 1 heterocycles. The average molecular weight is 452 g/mol. The molecule has 29 heavy (non-hydrogen) atoms. The lowest BCUT2D eigenvalue weighted by atomic mass is 10.1. The molecule has 1 saturated heterocycles. The molecule has 0 N–H and O–H groups in total. The zero-order chi connectivity index (χ0) is 21.0. The lowest BCUT2D eigenvalue weighted by molar-refractivity contribution is -0.123. The number of hydrogen-bond donors (Lipinski definition) is 0. The summed E-state index contributed by atoms with van der Waals surface area (Å²) in [7, 11) is 0. The molecule has 1 aliphatic heterocycles. The van der Waals surface area contributed by atoms with Crippen molar-refractivity contribution in [1.82, 2.24) is 4.90 Å². The van der Waals surface area contributed by atoms with Gasteiger partial charge in [-0.25, -0.2) is 0 Å². The first-order chi connectivity index (χ1) is 13.9. The van der Waals surface area contributed by atoms with Crippen molar-refractivity contribution in [1.29, 1.82) is 0 Å². The van der Waals surface area contributed by atoms with Gasteiger partial charge in [0, 0.05) is 10.0 Å². The standard InChI is InChI=1S/C21H19Cl2NO4S/c1-3-27-17-8-5-13(9-18(17)28-4-2)10-19-20(25)24(21(26)29-19)12-14-6-7-15(22)11-16(14)23/h5-11H,3-4,12H2,1-2H3/b19-10+. The number of carbonyl (C=O) groups is 2. The first kappa shape index (κ1) is 21.6. The van der Waals surface area contributed by atoms with Crippen molar-refractivity contribution in [2.45, 2.75) is 20.4 Å². The Bertz CT molecular complexity index is 977. The quantitative estimate of drug-likeness (QED) is 0.481. The highest BCUT2D eigenvalue weighted by atomic mass is 35.5. The van der Waals surface area contributed by atoms with Crippen molar-refractivity contribution in [2.24, 2.45) is 0 Å². The normalized spacial score (nSPS) is 15.3. The third-order valence-corrected chi connectivity index (χ3v) is 5.58. The van der Waals surface area contributed by atoms with Gasteiger partial charge >= 0.3 is 0 Å². The first-order valence-corrected chi connectivity index (χ1v) is 10.6. The van der Waals surface area contributed by atoms with Gasteiger partial charge in [-0.2, -0.15) is 0 Å². The highest BCUT2D eigenvalue weighted by Gasteiger charge is 2.35. The van der Waals surface area contributed by atoms with Crippen LogP contribution in [0.25, 0.3) is 6.08 Å². The second kappa shape index (κ2) is 9.57. The molecule has 0 aromatic heterocycles. The molecule has 0 aliphatic carbocycles. The zero-order valence-electron chi connectivity index (χ0n) is 15.9. The maximum Gasteiger partial charge on any atom is 0.293 e. The summed E-state index contributed by atoms with van der Waals surface area (Å²) in [4.78, 5) is 26.7. The van der Waals surface area contributed by atoms with Crippen LogP contribution in [0.5, 0.6) is 11.5 Å². The molecule has 0 saturated carbocycles. The fraction of sp³-hybridized carbons (Fsp3) is 0.238. The molecule has 2 amide bonds. The van der Waals surface area contributed by atoms with E-state index >= 15 is 0 Å². The summed E-state index contributed by atoms with van der Waals surface area (Å²) in [6.07, 6.45) is 1.67. The molecule has 2 aromatic rings. The maximum atomic E-state index is 12.8. The largest absolute Gasteiger partial charge is 0.490 e. The third kappa shape index (κ3) is 5.07. The summed E-state index contributed by atoms with van der Waals surface area (Å²) in [6.45, 7) is 4.88. The summed E-state index contributed by atoms with van der Waals surface area (Å²) >= 11 is 13.0. The number of halogens is 2. The van der Waals surface area contributed by atoms with E-state index in [0.717, 1.165) is 17.3 Å². The van der Waals surface area contributed by atoms with Crippen molar-refractivity contribution in [3.05, 3.63) is 62.5 Å². The molecule has 2 aromatic carbocycles. The van der Waals surface area contributed by atoms with Crippen LogP contribution in [0, 0.1) is 0 Å². The Morgan fingerprint density at radius 3 is 2.41 bits per heavy atom. The number of benzene rings is 2. The smallest absolute Gasteiger partial charge is 0.293 e. The second-order valence-electron chi connectivity index (χ2n) is 6.08. The Balaban J connectivity index is 1.83. The number of hydrogen-bond acceptors (Lipinski definition) is 5. The monoisotopic (exact) mass is 451 g/mol. The molecule has 152 valence electrons. The lowest BCUT2D eigenvalue weighted by Gasteiger charge is -2.13. The van der Waals surface area contributed by atoms with E-state index in [4.69, 9.17) is 32.7 Å². The molecule has 3 rings (SSSR count). The van der Waals surface area contributed by atoms with Crippen LogP contribution in [0.4, 0.5) is 4.79 Å². The number of ether oxygens (including phenoxy) is 2. The van der Waals surface area contributed by atoms with Gasteiger partial charge in [0.05, 0.1) is 24.7 Å². The highest BCUT2D eigenvalue weighted by Crippen LogP contribution is 2.36. The van der Waals surface area contributed by atoms with E-state index in [-0.39, 0.29) is 17.7 Å². The number of amides is 2. The minimum atomic E-state index is -0.363. The fourth-order valence-electron chi connectivity index (χ4n) is 2.77. The van der Waals surface area contributed by atoms with Crippen molar-refractivity contribution < 1.29 is 19.1 Å². The van der Waals surface area contributed by atoms with Crippen molar-refractivity contribution in [3.8, 4) is 11.5 Å². The van der Waals surface area contributed by atoms with Gasteiger partial charge in [-0.3, -0.25) is 14.5 Å². The van der Waals surface area contributed by atoms with Crippen LogP contribution in [0.2, 0.25) is 10.0 Å². The van der Waals surface area contributed by atoms with Crippen molar-refractivity contribution in [3.63, 3.8) is 0 Å². The van der Waals surface area contributed by atoms with Crippen LogP contribution in [0.1, 0.15) is 25.0 Å². The van der Waals surface area contributed by atoms with Gasteiger partial charge in [0.15, 0.2) is 11.5 Å². The van der Waals surface area contributed by atoms with Gasteiger partial charge in [0.1, 0.15) is 0 Å². The summed E-state index contributed by atoms with van der Waals surface area (Å²) in [5.74, 6) is 0.866. The molecule has 0 bridgehead atoms. The Morgan fingerprint density at radius 2 is 1.72 bits per heavy atom. The van der Waals surface area contributed by atoms with Gasteiger partial charge in [-0.15, -0.1) is 0 Å². The van der Waals surface area contributed by atoms with Crippen LogP contribution in [0.3, 0.4) is 0 Å². The second-order valence-corrected chi connectivity index (χ2v) is 7.91. The SMILES string of the molecule is CCOc1ccc(/C=C2/SC(=O)N(Cc3ccc(Cl)cc3Cl)C2=O)cc1OCC. The van der Waals surface area contributed by atoms with E-state index in [1.54, 1.807) is 36.4 Å². The van der Waals surface area contributed by atoms with Crippen LogP contribution in [-0.4, -0.2) is 29.3 Å². The Labute approximate surface area is 183 Å². The highest BCUT2D eigenvalue weighted by molar-refractivity contribution is 8.18. The van der Waals surface area contributed by atoms with E-state index in [2.05, 4.69) is 0 Å². The fourth-order valence-corrected chi connectivity index (χ4v) is 4.07. The number of thioether (sulfide) groups is 1. The van der Waals surface area contributed by atoms with Gasteiger partial charge in [-0.05, 0) is 67.1 Å². The van der Waals surface area contributed by atoms with Crippen LogP contribution in [0.15, 0.2) is 41.3 Å². The minimum Gasteiger partial charge on any atom is -0.490 e. The predicted octanol–water partition coefficient (Wildman–Crippen LogP) is 6.03. The lowest BCUT2D eigenvalue weighted by Crippen LogP contribution is -2.27. The van der Waals surface area contributed by atoms with Gasteiger partial charge in [0.25, 0.3) is 11.1 Å². The molecule has 1 fully saturated rings. The van der Waals surface area contributed by atoms with Crippen LogP contribution in [-0.2, 0) is 11.3 Å². The van der Waals surface area contributed by atoms with E-state index in [0.29, 0.717) is 45.2 Å². The summed E-state index contributed by atoms with van der Waals surface area (Å²) < 4.78 is 11.2. The number of nitrogens with zero attached hydrogens (tertiary/aromatic N) is 1. The molecular weight excluding hydrogens is 433 g/mol. The summed E-state index contributed by atoms with van der Waals surface area (Å²) in [5.41, 5.74) is 1.39. The molecule has 8 heteroatoms.